The maximum atomic E-state index is 4.22. The monoisotopic (exact) mass is 150 g/mol. The van der Waals surface area contributed by atoms with Crippen LogP contribution in [0.5, 0.6) is 0 Å². The molecule has 2 unspecified atom stereocenters. The number of piperidine rings is 1. The third-order valence-electron chi connectivity index (χ3n) is 4.19. The smallest absolute Gasteiger partial charge is 0.144 e. The van der Waals surface area contributed by atoms with Crippen molar-refractivity contribution in [2.24, 2.45) is 5.41 Å². The molecule has 2 atom stereocenters. The summed E-state index contributed by atoms with van der Waals surface area (Å²) in [6.07, 6.45) is 5.81. The third-order valence-corrected chi connectivity index (χ3v) is 4.19. The van der Waals surface area contributed by atoms with E-state index in [0.29, 0.717) is 0 Å². The largest absolute Gasteiger partial charge is 0.286 e. The van der Waals surface area contributed by atoms with Gasteiger partial charge < -0.3 is 0 Å². The van der Waals surface area contributed by atoms with E-state index in [1.807, 2.05) is 0 Å². The van der Waals surface area contributed by atoms with Gasteiger partial charge in [-0.1, -0.05) is 0 Å². The van der Waals surface area contributed by atoms with Crippen LogP contribution in [0.1, 0.15) is 25.7 Å². The van der Waals surface area contributed by atoms with Crippen LogP contribution in [0.25, 0.3) is 0 Å². The van der Waals surface area contributed by atoms with E-state index in [-0.39, 0.29) is 0 Å². The Morgan fingerprint density at radius 2 is 2.27 bits per heavy atom. The Labute approximate surface area is 68.3 Å². The van der Waals surface area contributed by atoms with Crippen molar-refractivity contribution < 1.29 is 4.48 Å². The van der Waals surface area contributed by atoms with Gasteiger partial charge in [0.1, 0.15) is 18.3 Å². The van der Waals surface area contributed by atoms with Gasteiger partial charge in [-0.25, -0.2) is 0 Å². The van der Waals surface area contributed by atoms with Gasteiger partial charge in [0.2, 0.25) is 0 Å². The molecule has 0 aromatic heterocycles. The molecule has 3 aliphatic rings. The van der Waals surface area contributed by atoms with E-state index in [2.05, 4.69) is 13.6 Å². The number of rotatable bonds is 0. The summed E-state index contributed by atoms with van der Waals surface area (Å²) >= 11 is 0. The van der Waals surface area contributed by atoms with Crippen LogP contribution in [0.2, 0.25) is 0 Å². The molecule has 3 fully saturated rings. The fourth-order valence-electron chi connectivity index (χ4n) is 2.79. The van der Waals surface area contributed by atoms with E-state index in [0.717, 1.165) is 11.5 Å². The molecule has 0 bridgehead atoms. The SMILES string of the molecule is C=C1CC2(CC2)CC2C[N+]12C. The van der Waals surface area contributed by atoms with Crippen LogP contribution in [0.15, 0.2) is 12.3 Å². The number of quaternary nitrogens is 1. The molecule has 0 aromatic rings. The Kier molecular flexibility index (Phi) is 0.809. The van der Waals surface area contributed by atoms with Gasteiger partial charge in [0, 0.05) is 12.8 Å². The highest BCUT2D eigenvalue weighted by atomic mass is 15.5. The van der Waals surface area contributed by atoms with E-state index in [9.17, 15) is 0 Å². The Bertz CT molecular complexity index is 239. The van der Waals surface area contributed by atoms with Gasteiger partial charge in [0.25, 0.3) is 0 Å². The van der Waals surface area contributed by atoms with Crippen molar-refractivity contribution in [3.8, 4) is 0 Å². The first-order valence-corrected chi connectivity index (χ1v) is 4.68. The summed E-state index contributed by atoms with van der Waals surface area (Å²) in [4.78, 5) is 0. The van der Waals surface area contributed by atoms with Gasteiger partial charge in [-0.3, -0.25) is 4.48 Å². The molecule has 2 aliphatic heterocycles. The maximum absolute atomic E-state index is 4.22. The normalized spacial score (nSPS) is 50.6. The molecular weight excluding hydrogens is 134 g/mol. The minimum absolute atomic E-state index is 0.774. The van der Waals surface area contributed by atoms with Crippen LogP contribution in [0, 0.1) is 5.41 Å². The highest BCUT2D eigenvalue weighted by Gasteiger charge is 2.64. The second-order valence-corrected chi connectivity index (χ2v) is 5.05. The first-order chi connectivity index (χ1) is 5.15. The summed E-state index contributed by atoms with van der Waals surface area (Å²) in [6, 6.07) is 0.971. The van der Waals surface area contributed by atoms with Gasteiger partial charge in [-0.15, -0.1) is 0 Å². The molecule has 1 saturated carbocycles. The van der Waals surface area contributed by atoms with Crippen molar-refractivity contribution in [2.45, 2.75) is 31.7 Å². The highest BCUT2D eigenvalue weighted by molar-refractivity contribution is 5.11. The molecule has 0 amide bonds. The summed E-state index contributed by atoms with van der Waals surface area (Å²) in [5.41, 5.74) is 2.29. The number of fused-ring (bicyclic) bond motifs is 1. The zero-order chi connectivity index (χ0) is 7.69. The molecule has 0 N–H and O–H groups in total. The van der Waals surface area contributed by atoms with Gasteiger partial charge in [-0.05, 0) is 24.8 Å². The Hall–Kier alpha value is -0.300. The van der Waals surface area contributed by atoms with E-state index >= 15 is 0 Å². The average molecular weight is 150 g/mol. The van der Waals surface area contributed by atoms with Crippen LogP contribution in [0.3, 0.4) is 0 Å². The number of likely N-dealkylation sites (N-methyl/N-ethyl adjacent to an activating group) is 1. The minimum atomic E-state index is 0.774. The summed E-state index contributed by atoms with van der Waals surface area (Å²) in [6.45, 7) is 5.61. The Morgan fingerprint density at radius 3 is 2.82 bits per heavy atom. The zero-order valence-corrected chi connectivity index (χ0v) is 7.27. The molecule has 1 nitrogen and oxygen atoms in total. The lowest BCUT2D eigenvalue weighted by Gasteiger charge is -2.27. The first-order valence-electron chi connectivity index (χ1n) is 4.68. The third kappa shape index (κ3) is 0.652. The lowest BCUT2D eigenvalue weighted by molar-refractivity contribution is -0.757. The predicted octanol–water partition coefficient (Wildman–Crippen LogP) is 1.90. The van der Waals surface area contributed by atoms with Crippen molar-refractivity contribution in [3.63, 3.8) is 0 Å². The van der Waals surface area contributed by atoms with Crippen LogP contribution in [-0.2, 0) is 0 Å². The lowest BCUT2D eigenvalue weighted by Crippen LogP contribution is -2.30. The standard InChI is InChI=1S/C10H16N/c1-8-5-10(3-4-10)6-9-7-11(8,9)2/h9H,1,3-7H2,2H3/q+1. The molecule has 2 saturated heterocycles. The summed E-state index contributed by atoms with van der Waals surface area (Å²) in [5, 5.41) is 0. The van der Waals surface area contributed by atoms with Gasteiger partial charge >= 0.3 is 0 Å². The number of nitrogens with zero attached hydrogens (tertiary/aromatic N) is 1. The molecule has 0 aromatic carbocycles. The molecule has 2 heterocycles. The van der Waals surface area contributed by atoms with Gasteiger partial charge in [0.15, 0.2) is 0 Å². The molecule has 3 rings (SSSR count). The van der Waals surface area contributed by atoms with Crippen molar-refractivity contribution in [3.05, 3.63) is 12.3 Å². The Morgan fingerprint density at radius 1 is 1.55 bits per heavy atom. The average Bonchev–Trinajstić information content (AvgIpc) is 2.77. The molecule has 0 radical (unpaired) electrons. The zero-order valence-electron chi connectivity index (χ0n) is 7.27. The quantitative estimate of drug-likeness (QED) is 0.365. The topological polar surface area (TPSA) is 0 Å². The van der Waals surface area contributed by atoms with Gasteiger partial charge in [-0.2, -0.15) is 0 Å². The first kappa shape index (κ1) is 6.24. The number of allylic oxidation sites excluding steroid dienone is 1. The minimum Gasteiger partial charge on any atom is -0.286 e. The Balaban J connectivity index is 1.91. The van der Waals surface area contributed by atoms with Gasteiger partial charge in [0.05, 0.1) is 7.05 Å². The van der Waals surface area contributed by atoms with Crippen LogP contribution in [0.4, 0.5) is 0 Å². The fraction of sp³-hybridized carbons (Fsp3) is 0.800. The van der Waals surface area contributed by atoms with E-state index in [4.69, 9.17) is 0 Å². The lowest BCUT2D eigenvalue weighted by atomic mass is 9.91. The number of hydrogen-bond donors (Lipinski definition) is 0. The summed E-state index contributed by atoms with van der Waals surface area (Å²) in [5.74, 6) is 0. The predicted molar refractivity (Wildman–Crippen MR) is 44.9 cm³/mol. The van der Waals surface area contributed by atoms with Crippen molar-refractivity contribution >= 4 is 0 Å². The van der Waals surface area contributed by atoms with E-state index < -0.39 is 0 Å². The second-order valence-electron chi connectivity index (χ2n) is 5.05. The fourth-order valence-corrected chi connectivity index (χ4v) is 2.79. The summed E-state index contributed by atoms with van der Waals surface area (Å²) < 4.78 is 1.22. The number of hydrogen-bond acceptors (Lipinski definition) is 0. The summed E-state index contributed by atoms with van der Waals surface area (Å²) in [7, 11) is 2.35. The maximum Gasteiger partial charge on any atom is 0.144 e. The highest BCUT2D eigenvalue weighted by Crippen LogP contribution is 2.62. The molecule has 1 aliphatic carbocycles. The van der Waals surface area contributed by atoms with Crippen molar-refractivity contribution in [1.82, 2.24) is 0 Å². The van der Waals surface area contributed by atoms with E-state index in [1.165, 1.54) is 42.4 Å². The van der Waals surface area contributed by atoms with Crippen molar-refractivity contribution in [2.75, 3.05) is 13.6 Å². The molecule has 60 valence electrons. The van der Waals surface area contributed by atoms with E-state index in [1.54, 1.807) is 0 Å². The van der Waals surface area contributed by atoms with Crippen LogP contribution >= 0.6 is 0 Å². The van der Waals surface area contributed by atoms with Crippen LogP contribution < -0.4 is 0 Å². The second kappa shape index (κ2) is 1.42. The molecule has 11 heavy (non-hydrogen) atoms. The molecular formula is C10H16N+. The molecule has 1 spiro atoms. The van der Waals surface area contributed by atoms with Crippen LogP contribution in [-0.4, -0.2) is 24.1 Å². The molecule has 1 heteroatoms. The van der Waals surface area contributed by atoms with Crippen molar-refractivity contribution in [1.29, 1.82) is 0 Å².